The van der Waals surface area contributed by atoms with E-state index in [0.29, 0.717) is 22.2 Å². The van der Waals surface area contributed by atoms with E-state index in [0.717, 1.165) is 6.07 Å². The predicted molar refractivity (Wildman–Crippen MR) is 117 cm³/mol. The van der Waals surface area contributed by atoms with Crippen LogP contribution in [0.1, 0.15) is 32.0 Å². The number of carbonyl (C=O) groups excluding carboxylic acids is 2. The number of aryl methyl sites for hydroxylation is 1. The highest BCUT2D eigenvalue weighted by molar-refractivity contribution is 6.15. The van der Waals surface area contributed by atoms with Crippen molar-refractivity contribution in [1.29, 1.82) is 0 Å². The minimum atomic E-state index is -0.546. The third-order valence-corrected chi connectivity index (χ3v) is 5.06. The van der Waals surface area contributed by atoms with Gasteiger partial charge in [-0.2, -0.15) is 0 Å². The van der Waals surface area contributed by atoms with Crippen LogP contribution in [-0.4, -0.2) is 23.0 Å². The van der Waals surface area contributed by atoms with E-state index in [4.69, 9.17) is 4.42 Å². The lowest BCUT2D eigenvalue weighted by molar-refractivity contribution is -0.384. The number of fused-ring (bicyclic) bond motifs is 1. The maximum absolute atomic E-state index is 14.0. The summed E-state index contributed by atoms with van der Waals surface area (Å²) >= 11 is 0. The molecule has 0 saturated heterocycles. The Bertz CT molecular complexity index is 1360. The average molecular weight is 432 g/mol. The Balaban J connectivity index is 1.64. The molecule has 7 nitrogen and oxygen atoms in total. The number of non-ortho nitro benzene ring substituents is 1. The maximum Gasteiger partial charge on any atom is 0.269 e. The standard InChI is InChI=1S/C24H17FN2O5/c1-14-6-7-16(12-19(14)25)23(29)24-22(18-4-2-3-5-21(18)32-24)26-13-20(28)15-8-10-17(11-9-15)27(30)31/h2-12,26H,13H2,1H3. The number of nitro benzene ring substituents is 1. The van der Waals surface area contributed by atoms with Gasteiger partial charge >= 0.3 is 0 Å². The number of hydrogen-bond acceptors (Lipinski definition) is 6. The normalized spacial score (nSPS) is 10.8. The second kappa shape index (κ2) is 8.43. The third-order valence-electron chi connectivity index (χ3n) is 5.06. The van der Waals surface area contributed by atoms with Crippen LogP contribution in [0.15, 0.2) is 71.1 Å². The molecule has 0 amide bonds. The fourth-order valence-electron chi connectivity index (χ4n) is 3.29. The molecule has 0 aliphatic carbocycles. The minimum Gasteiger partial charge on any atom is -0.450 e. The summed E-state index contributed by atoms with van der Waals surface area (Å²) < 4.78 is 19.7. The minimum absolute atomic E-state index is 0.0362. The molecule has 0 fully saturated rings. The van der Waals surface area contributed by atoms with E-state index >= 15 is 0 Å². The van der Waals surface area contributed by atoms with Gasteiger partial charge in [-0.05, 0) is 42.8 Å². The number of nitrogens with zero attached hydrogens (tertiary/aromatic N) is 1. The summed E-state index contributed by atoms with van der Waals surface area (Å²) in [5.41, 5.74) is 1.46. The number of benzene rings is 3. The highest BCUT2D eigenvalue weighted by atomic mass is 19.1. The number of nitro groups is 1. The van der Waals surface area contributed by atoms with Gasteiger partial charge in [-0.1, -0.05) is 24.3 Å². The van der Waals surface area contributed by atoms with E-state index in [1.165, 1.54) is 36.4 Å². The second-order valence-corrected chi connectivity index (χ2v) is 7.18. The van der Waals surface area contributed by atoms with Gasteiger partial charge in [0.15, 0.2) is 11.5 Å². The molecule has 0 bridgehead atoms. The molecular weight excluding hydrogens is 415 g/mol. The molecule has 0 saturated carbocycles. The van der Waals surface area contributed by atoms with Gasteiger partial charge in [0.1, 0.15) is 11.4 Å². The van der Waals surface area contributed by atoms with Crippen molar-refractivity contribution in [3.05, 3.63) is 105 Å². The largest absolute Gasteiger partial charge is 0.450 e. The fraction of sp³-hybridized carbons (Fsp3) is 0.0833. The first-order chi connectivity index (χ1) is 15.3. The van der Waals surface area contributed by atoms with E-state index in [1.807, 2.05) is 0 Å². The van der Waals surface area contributed by atoms with Gasteiger partial charge in [0.25, 0.3) is 5.69 Å². The van der Waals surface area contributed by atoms with Gasteiger partial charge in [0.05, 0.1) is 17.2 Å². The lowest BCUT2D eigenvalue weighted by atomic mass is 10.0. The zero-order valence-corrected chi connectivity index (χ0v) is 16.9. The van der Waals surface area contributed by atoms with Crippen LogP contribution in [0.25, 0.3) is 11.0 Å². The number of anilines is 1. The number of rotatable bonds is 7. The second-order valence-electron chi connectivity index (χ2n) is 7.18. The number of halogens is 1. The van der Waals surface area contributed by atoms with E-state index < -0.39 is 16.5 Å². The summed E-state index contributed by atoms with van der Waals surface area (Å²) in [5, 5.41) is 14.3. The van der Waals surface area contributed by atoms with Gasteiger partial charge in [0, 0.05) is 28.6 Å². The highest BCUT2D eigenvalue weighted by Crippen LogP contribution is 2.32. The summed E-state index contributed by atoms with van der Waals surface area (Å²) in [5.74, 6) is -1.39. The molecule has 1 heterocycles. The summed E-state index contributed by atoms with van der Waals surface area (Å²) in [6.07, 6.45) is 0. The van der Waals surface area contributed by atoms with E-state index in [2.05, 4.69) is 5.32 Å². The van der Waals surface area contributed by atoms with Gasteiger partial charge < -0.3 is 9.73 Å². The topological polar surface area (TPSA) is 102 Å². The molecule has 4 aromatic rings. The van der Waals surface area contributed by atoms with E-state index in [1.54, 1.807) is 31.2 Å². The molecule has 4 rings (SSSR count). The number of furan rings is 1. The molecule has 160 valence electrons. The summed E-state index contributed by atoms with van der Waals surface area (Å²) in [6, 6.07) is 16.4. The van der Waals surface area contributed by atoms with Crippen molar-refractivity contribution in [1.82, 2.24) is 0 Å². The van der Waals surface area contributed by atoms with Crippen molar-refractivity contribution >= 4 is 33.9 Å². The van der Waals surface area contributed by atoms with Crippen molar-refractivity contribution in [2.24, 2.45) is 0 Å². The number of nitrogens with one attached hydrogen (secondary N) is 1. The Hall–Kier alpha value is -4.33. The monoisotopic (exact) mass is 432 g/mol. The van der Waals surface area contributed by atoms with Crippen molar-refractivity contribution in [3.8, 4) is 0 Å². The Labute approximate surface area is 181 Å². The Morgan fingerprint density at radius 2 is 1.72 bits per heavy atom. The maximum atomic E-state index is 14.0. The van der Waals surface area contributed by atoms with Gasteiger partial charge in [-0.15, -0.1) is 0 Å². The van der Waals surface area contributed by atoms with Crippen LogP contribution in [0.5, 0.6) is 0 Å². The molecule has 0 aliphatic rings. The summed E-state index contributed by atoms with van der Waals surface area (Å²) in [4.78, 5) is 35.9. The molecular formula is C24H17FN2O5. The quantitative estimate of drug-likeness (QED) is 0.241. The molecule has 3 aromatic carbocycles. The zero-order valence-electron chi connectivity index (χ0n) is 16.9. The van der Waals surface area contributed by atoms with Crippen LogP contribution in [0, 0.1) is 22.9 Å². The average Bonchev–Trinajstić information content (AvgIpc) is 3.17. The molecule has 0 unspecified atom stereocenters. The SMILES string of the molecule is Cc1ccc(C(=O)c2oc3ccccc3c2NCC(=O)c2ccc([N+](=O)[O-])cc2)cc1F. The Morgan fingerprint density at radius 1 is 1.03 bits per heavy atom. The smallest absolute Gasteiger partial charge is 0.269 e. The van der Waals surface area contributed by atoms with E-state index in [9.17, 15) is 24.1 Å². The lowest BCUT2D eigenvalue weighted by Crippen LogP contribution is -2.15. The van der Waals surface area contributed by atoms with Crippen molar-refractivity contribution in [3.63, 3.8) is 0 Å². The zero-order chi connectivity index (χ0) is 22.8. The number of Topliss-reactive ketones (excluding diaryl/α,β-unsaturated/α-hetero) is 1. The molecule has 0 atom stereocenters. The number of carbonyl (C=O) groups is 2. The van der Waals surface area contributed by atoms with Crippen molar-refractivity contribution in [2.75, 3.05) is 11.9 Å². The highest BCUT2D eigenvalue weighted by Gasteiger charge is 2.23. The fourth-order valence-corrected chi connectivity index (χ4v) is 3.29. The van der Waals surface area contributed by atoms with Gasteiger partial charge in [-0.3, -0.25) is 19.7 Å². The number of ketones is 2. The van der Waals surface area contributed by atoms with Crippen LogP contribution in [0.4, 0.5) is 15.8 Å². The van der Waals surface area contributed by atoms with Crippen LogP contribution < -0.4 is 5.32 Å². The summed E-state index contributed by atoms with van der Waals surface area (Å²) in [7, 11) is 0. The molecule has 1 aromatic heterocycles. The van der Waals surface area contributed by atoms with Crippen LogP contribution in [-0.2, 0) is 0 Å². The lowest BCUT2D eigenvalue weighted by Gasteiger charge is -2.07. The molecule has 1 N–H and O–H groups in total. The molecule has 0 aliphatic heterocycles. The first-order valence-corrected chi connectivity index (χ1v) is 9.69. The van der Waals surface area contributed by atoms with Crippen molar-refractivity contribution < 1.29 is 23.3 Å². The van der Waals surface area contributed by atoms with Crippen LogP contribution in [0.2, 0.25) is 0 Å². The van der Waals surface area contributed by atoms with E-state index in [-0.39, 0.29) is 34.9 Å². The summed E-state index contributed by atoms with van der Waals surface area (Å²) in [6.45, 7) is 1.42. The van der Waals surface area contributed by atoms with Crippen LogP contribution >= 0.6 is 0 Å². The van der Waals surface area contributed by atoms with Gasteiger partial charge in [0.2, 0.25) is 5.78 Å². The molecule has 8 heteroatoms. The van der Waals surface area contributed by atoms with Gasteiger partial charge in [-0.25, -0.2) is 4.39 Å². The van der Waals surface area contributed by atoms with Crippen molar-refractivity contribution in [2.45, 2.75) is 6.92 Å². The third kappa shape index (κ3) is 3.98. The molecule has 0 radical (unpaired) electrons. The first-order valence-electron chi connectivity index (χ1n) is 9.69. The Morgan fingerprint density at radius 3 is 2.41 bits per heavy atom. The Kier molecular flexibility index (Phi) is 5.51. The number of hydrogen-bond donors (Lipinski definition) is 1. The van der Waals surface area contributed by atoms with Crippen LogP contribution in [0.3, 0.4) is 0 Å². The molecule has 0 spiro atoms. The number of para-hydroxylation sites is 1. The predicted octanol–water partition coefficient (Wildman–Crippen LogP) is 5.31. The first kappa shape index (κ1) is 20.9. The molecule has 32 heavy (non-hydrogen) atoms.